The number of hydrogen-bond acceptors (Lipinski definition) is 6. The van der Waals surface area contributed by atoms with Crippen molar-refractivity contribution in [2.75, 3.05) is 26.0 Å². The molecule has 0 amide bonds. The third kappa shape index (κ3) is 2.21. The van der Waals surface area contributed by atoms with Crippen molar-refractivity contribution in [1.29, 1.82) is 0 Å². The number of nitrogens with one attached hydrogen (secondary N) is 1. The van der Waals surface area contributed by atoms with E-state index < -0.39 is 0 Å². The number of nitrogens with zero attached hydrogens (tertiary/aromatic N) is 2. The normalized spacial score (nSPS) is 33.4. The third-order valence-electron chi connectivity index (χ3n) is 3.44. The van der Waals surface area contributed by atoms with Crippen molar-refractivity contribution in [3.05, 3.63) is 11.7 Å². The molecule has 3 unspecified atom stereocenters. The Bertz CT molecular complexity index is 379. The SMILES string of the molecule is CNC1COCC1c1nc(C2CCCS2)no1. The zero-order valence-corrected chi connectivity index (χ0v) is 10.7. The van der Waals surface area contributed by atoms with Crippen molar-refractivity contribution in [2.24, 2.45) is 0 Å². The Morgan fingerprint density at radius 2 is 2.35 bits per heavy atom. The van der Waals surface area contributed by atoms with E-state index in [-0.39, 0.29) is 5.92 Å². The maximum atomic E-state index is 5.45. The molecular formula is C11H17N3O2S. The zero-order valence-electron chi connectivity index (χ0n) is 9.89. The van der Waals surface area contributed by atoms with Gasteiger partial charge in [-0.15, -0.1) is 0 Å². The van der Waals surface area contributed by atoms with E-state index in [0.717, 1.165) is 18.3 Å². The minimum absolute atomic E-state index is 0.202. The van der Waals surface area contributed by atoms with Crippen molar-refractivity contribution >= 4 is 11.8 Å². The molecule has 0 aliphatic carbocycles. The van der Waals surface area contributed by atoms with Crippen molar-refractivity contribution in [2.45, 2.75) is 30.1 Å². The number of hydrogen-bond donors (Lipinski definition) is 1. The summed E-state index contributed by atoms with van der Waals surface area (Å²) in [5.74, 6) is 3.00. The van der Waals surface area contributed by atoms with E-state index in [2.05, 4.69) is 15.5 Å². The van der Waals surface area contributed by atoms with Gasteiger partial charge in [0.1, 0.15) is 0 Å². The topological polar surface area (TPSA) is 60.2 Å². The Morgan fingerprint density at radius 3 is 3.12 bits per heavy atom. The average Bonchev–Trinajstić information content (AvgIpc) is 3.09. The van der Waals surface area contributed by atoms with Gasteiger partial charge in [0.15, 0.2) is 5.82 Å². The molecule has 0 radical (unpaired) electrons. The van der Waals surface area contributed by atoms with E-state index >= 15 is 0 Å². The van der Waals surface area contributed by atoms with Gasteiger partial charge in [-0.2, -0.15) is 16.7 Å². The Morgan fingerprint density at radius 1 is 1.41 bits per heavy atom. The van der Waals surface area contributed by atoms with Crippen LogP contribution in [0.15, 0.2) is 4.52 Å². The number of likely N-dealkylation sites (N-methyl/N-ethyl adjacent to an activating group) is 1. The van der Waals surface area contributed by atoms with Crippen LogP contribution in [0.25, 0.3) is 0 Å². The fourth-order valence-electron chi connectivity index (χ4n) is 2.39. The van der Waals surface area contributed by atoms with Gasteiger partial charge in [0.05, 0.1) is 24.4 Å². The predicted molar refractivity (Wildman–Crippen MR) is 65.1 cm³/mol. The first-order valence-corrected chi connectivity index (χ1v) is 7.13. The molecule has 3 heterocycles. The third-order valence-corrected chi connectivity index (χ3v) is 4.82. The fraction of sp³-hybridized carbons (Fsp3) is 0.818. The standard InChI is InChI=1S/C11H17N3O2S/c1-12-8-6-15-5-7(8)11-13-10(14-16-11)9-3-2-4-17-9/h7-9,12H,2-6H2,1H3. The summed E-state index contributed by atoms with van der Waals surface area (Å²) in [5.41, 5.74) is 0. The van der Waals surface area contributed by atoms with Crippen molar-refractivity contribution < 1.29 is 9.26 Å². The van der Waals surface area contributed by atoms with Gasteiger partial charge in [0.25, 0.3) is 0 Å². The zero-order chi connectivity index (χ0) is 11.7. The Hall–Kier alpha value is -0.590. The lowest BCUT2D eigenvalue weighted by atomic mass is 10.0. The van der Waals surface area contributed by atoms with E-state index in [9.17, 15) is 0 Å². The molecule has 0 aromatic carbocycles. The van der Waals surface area contributed by atoms with Gasteiger partial charge in [-0.1, -0.05) is 5.16 Å². The van der Waals surface area contributed by atoms with Crippen LogP contribution in [0.5, 0.6) is 0 Å². The van der Waals surface area contributed by atoms with Crippen LogP contribution >= 0.6 is 11.8 Å². The second-order valence-electron chi connectivity index (χ2n) is 4.53. The van der Waals surface area contributed by atoms with E-state index in [1.54, 1.807) is 0 Å². The molecule has 0 spiro atoms. The number of ether oxygens (including phenoxy) is 1. The van der Waals surface area contributed by atoms with Crippen LogP contribution in [0.3, 0.4) is 0 Å². The first-order chi connectivity index (χ1) is 8.38. The molecule has 6 heteroatoms. The van der Waals surface area contributed by atoms with Crippen LogP contribution in [-0.2, 0) is 4.74 Å². The lowest BCUT2D eigenvalue weighted by molar-refractivity contribution is 0.185. The molecule has 17 heavy (non-hydrogen) atoms. The Balaban J connectivity index is 1.75. The van der Waals surface area contributed by atoms with Crippen LogP contribution in [0, 0.1) is 0 Å². The number of thioether (sulfide) groups is 1. The number of aromatic nitrogens is 2. The molecule has 1 aromatic heterocycles. The van der Waals surface area contributed by atoms with Crippen LogP contribution in [0.1, 0.15) is 35.7 Å². The second kappa shape index (κ2) is 4.96. The summed E-state index contributed by atoms with van der Waals surface area (Å²) >= 11 is 1.93. The average molecular weight is 255 g/mol. The highest BCUT2D eigenvalue weighted by Gasteiger charge is 2.34. The summed E-state index contributed by atoms with van der Waals surface area (Å²) in [4.78, 5) is 4.55. The molecule has 1 aromatic rings. The molecule has 3 atom stereocenters. The summed E-state index contributed by atoms with van der Waals surface area (Å²) in [6.45, 7) is 1.39. The molecule has 1 N–H and O–H groups in total. The minimum Gasteiger partial charge on any atom is -0.379 e. The summed E-state index contributed by atoms with van der Waals surface area (Å²) < 4.78 is 10.9. The lowest BCUT2D eigenvalue weighted by Crippen LogP contribution is -2.31. The van der Waals surface area contributed by atoms with Crippen LogP contribution in [-0.4, -0.2) is 42.2 Å². The molecule has 0 saturated carbocycles. The van der Waals surface area contributed by atoms with Crippen LogP contribution < -0.4 is 5.32 Å². The van der Waals surface area contributed by atoms with Gasteiger partial charge < -0.3 is 14.6 Å². The van der Waals surface area contributed by atoms with E-state index in [1.807, 2.05) is 18.8 Å². The molecule has 2 aliphatic rings. The monoisotopic (exact) mass is 255 g/mol. The maximum Gasteiger partial charge on any atom is 0.233 e. The van der Waals surface area contributed by atoms with Crippen LogP contribution in [0.4, 0.5) is 0 Å². The molecule has 3 rings (SSSR count). The van der Waals surface area contributed by atoms with Crippen molar-refractivity contribution in [3.63, 3.8) is 0 Å². The van der Waals surface area contributed by atoms with E-state index in [4.69, 9.17) is 9.26 Å². The largest absolute Gasteiger partial charge is 0.379 e. The summed E-state index contributed by atoms with van der Waals surface area (Å²) in [6, 6.07) is 0.291. The second-order valence-corrected chi connectivity index (χ2v) is 5.84. The van der Waals surface area contributed by atoms with Gasteiger partial charge in [-0.3, -0.25) is 0 Å². The minimum atomic E-state index is 0.202. The quantitative estimate of drug-likeness (QED) is 0.879. The Labute approximate surface area is 105 Å². The van der Waals surface area contributed by atoms with E-state index in [0.29, 0.717) is 17.9 Å². The van der Waals surface area contributed by atoms with Crippen molar-refractivity contribution in [1.82, 2.24) is 15.5 Å². The fourth-order valence-corrected chi connectivity index (χ4v) is 3.59. The summed E-state index contributed by atoms with van der Waals surface area (Å²) in [6.07, 6.45) is 2.42. The predicted octanol–water partition coefficient (Wildman–Crippen LogP) is 1.34. The highest BCUT2D eigenvalue weighted by molar-refractivity contribution is 7.99. The maximum absolute atomic E-state index is 5.45. The smallest absolute Gasteiger partial charge is 0.233 e. The molecule has 2 saturated heterocycles. The number of rotatable bonds is 3. The van der Waals surface area contributed by atoms with E-state index in [1.165, 1.54) is 18.6 Å². The van der Waals surface area contributed by atoms with Gasteiger partial charge in [-0.05, 0) is 25.6 Å². The van der Waals surface area contributed by atoms with Gasteiger partial charge in [-0.25, -0.2) is 0 Å². The molecule has 2 aliphatic heterocycles. The molecule has 5 nitrogen and oxygen atoms in total. The van der Waals surface area contributed by atoms with Crippen LogP contribution in [0.2, 0.25) is 0 Å². The summed E-state index contributed by atoms with van der Waals surface area (Å²) in [5, 5.41) is 7.79. The highest BCUT2D eigenvalue weighted by Crippen LogP contribution is 2.39. The van der Waals surface area contributed by atoms with Crippen molar-refractivity contribution in [3.8, 4) is 0 Å². The van der Waals surface area contributed by atoms with Gasteiger partial charge in [0.2, 0.25) is 5.89 Å². The molecule has 0 bridgehead atoms. The highest BCUT2D eigenvalue weighted by atomic mass is 32.2. The van der Waals surface area contributed by atoms with Gasteiger partial charge >= 0.3 is 0 Å². The van der Waals surface area contributed by atoms with Gasteiger partial charge in [0, 0.05) is 6.04 Å². The first-order valence-electron chi connectivity index (χ1n) is 6.08. The first kappa shape index (κ1) is 11.5. The summed E-state index contributed by atoms with van der Waals surface area (Å²) in [7, 11) is 1.94. The lowest BCUT2D eigenvalue weighted by Gasteiger charge is -2.11. The molecule has 2 fully saturated rings. The molecular weight excluding hydrogens is 238 g/mol. The molecule has 94 valence electrons. The Kier molecular flexibility index (Phi) is 3.35.